The van der Waals surface area contributed by atoms with E-state index in [4.69, 9.17) is 0 Å². The number of imidazole rings is 1. The Balaban J connectivity index is 2.20. The van der Waals surface area contributed by atoms with Gasteiger partial charge in [0.1, 0.15) is 5.82 Å². The molecule has 15 heavy (non-hydrogen) atoms. The van der Waals surface area contributed by atoms with Crippen LogP contribution in [0.4, 0.5) is 10.2 Å². The van der Waals surface area contributed by atoms with Crippen molar-refractivity contribution in [3.8, 4) is 0 Å². The van der Waals surface area contributed by atoms with Gasteiger partial charge in [-0.1, -0.05) is 0 Å². The molecule has 0 aliphatic heterocycles. The van der Waals surface area contributed by atoms with E-state index >= 15 is 0 Å². The molecule has 2 aromatic rings. The quantitative estimate of drug-likeness (QED) is 0.815. The molecule has 0 bridgehead atoms. The number of aromatic nitrogens is 2. The molecular weight excluding hydrogens is 193 g/mol. The Morgan fingerprint density at radius 3 is 2.93 bits per heavy atom. The van der Waals surface area contributed by atoms with Crippen LogP contribution < -0.4 is 5.32 Å². The molecule has 0 unspecified atom stereocenters. The van der Waals surface area contributed by atoms with Crippen LogP contribution in [-0.4, -0.2) is 16.4 Å². The molecule has 0 radical (unpaired) electrons. The van der Waals surface area contributed by atoms with Crippen molar-refractivity contribution < 1.29 is 4.39 Å². The molecule has 0 spiro atoms. The van der Waals surface area contributed by atoms with Gasteiger partial charge in [-0.3, -0.25) is 0 Å². The minimum atomic E-state index is -0.235. The minimum Gasteiger partial charge on any atom is -0.372 e. The molecule has 0 atom stereocenters. The number of halogens is 1. The van der Waals surface area contributed by atoms with Gasteiger partial charge in [0.05, 0.1) is 6.20 Å². The van der Waals surface area contributed by atoms with Crippen LogP contribution in [0.25, 0.3) is 5.65 Å². The van der Waals surface area contributed by atoms with Crippen molar-refractivity contribution in [3.05, 3.63) is 29.8 Å². The van der Waals surface area contributed by atoms with Crippen molar-refractivity contribution >= 4 is 11.5 Å². The van der Waals surface area contributed by atoms with Crippen molar-refractivity contribution in [1.29, 1.82) is 0 Å². The fourth-order valence-electron chi connectivity index (χ4n) is 1.84. The number of anilines is 1. The van der Waals surface area contributed by atoms with Gasteiger partial charge >= 0.3 is 0 Å². The first kappa shape index (κ1) is 8.71. The molecule has 0 saturated heterocycles. The van der Waals surface area contributed by atoms with Gasteiger partial charge in [0.2, 0.25) is 0 Å². The molecule has 1 aliphatic rings. The fraction of sp³-hybridized carbons (Fsp3) is 0.364. The Morgan fingerprint density at radius 2 is 2.27 bits per heavy atom. The van der Waals surface area contributed by atoms with Gasteiger partial charge in [-0.05, 0) is 30.4 Å². The van der Waals surface area contributed by atoms with E-state index in [2.05, 4.69) is 10.3 Å². The lowest BCUT2D eigenvalue weighted by atomic mass is 10.2. The van der Waals surface area contributed by atoms with Gasteiger partial charge in [-0.25, -0.2) is 9.37 Å². The summed E-state index contributed by atoms with van der Waals surface area (Å²) in [5.41, 5.74) is 1.48. The highest BCUT2D eigenvalue weighted by atomic mass is 19.1. The number of nitrogens with zero attached hydrogens (tertiary/aromatic N) is 2. The normalized spacial score (nSPS) is 15.9. The van der Waals surface area contributed by atoms with E-state index in [1.165, 1.54) is 12.8 Å². The Labute approximate surface area is 86.9 Å². The SMILES string of the molecule is CNc1cn2cc(C3CC3)cc(F)c2n1. The minimum absolute atomic E-state index is 0.235. The highest BCUT2D eigenvalue weighted by Crippen LogP contribution is 2.40. The lowest BCUT2D eigenvalue weighted by Crippen LogP contribution is -1.91. The first-order chi connectivity index (χ1) is 7.28. The Morgan fingerprint density at radius 1 is 1.47 bits per heavy atom. The van der Waals surface area contributed by atoms with Crippen LogP contribution in [-0.2, 0) is 0 Å². The Kier molecular flexibility index (Phi) is 1.71. The predicted molar refractivity (Wildman–Crippen MR) is 56.7 cm³/mol. The zero-order valence-corrected chi connectivity index (χ0v) is 8.50. The third-order valence-electron chi connectivity index (χ3n) is 2.83. The molecule has 3 nitrogen and oxygen atoms in total. The van der Waals surface area contributed by atoms with Crippen LogP contribution in [0.3, 0.4) is 0 Å². The van der Waals surface area contributed by atoms with Crippen LogP contribution in [0, 0.1) is 5.82 Å². The second-order valence-electron chi connectivity index (χ2n) is 4.00. The van der Waals surface area contributed by atoms with Gasteiger partial charge in [-0.2, -0.15) is 0 Å². The van der Waals surface area contributed by atoms with Crippen molar-refractivity contribution in [2.75, 3.05) is 12.4 Å². The summed E-state index contributed by atoms with van der Waals surface area (Å²) in [6.45, 7) is 0. The van der Waals surface area contributed by atoms with Crippen LogP contribution in [0.1, 0.15) is 24.3 Å². The molecule has 2 aromatic heterocycles. The summed E-state index contributed by atoms with van der Waals surface area (Å²) < 4.78 is 15.4. The van der Waals surface area contributed by atoms with Crippen molar-refractivity contribution in [1.82, 2.24) is 9.38 Å². The summed E-state index contributed by atoms with van der Waals surface area (Å²) in [6, 6.07) is 1.61. The summed E-state index contributed by atoms with van der Waals surface area (Å²) in [4.78, 5) is 4.13. The molecule has 1 saturated carbocycles. The van der Waals surface area contributed by atoms with E-state index in [9.17, 15) is 4.39 Å². The van der Waals surface area contributed by atoms with Crippen LogP contribution in [0.2, 0.25) is 0 Å². The van der Waals surface area contributed by atoms with E-state index in [-0.39, 0.29) is 5.82 Å². The predicted octanol–water partition coefficient (Wildman–Crippen LogP) is 2.39. The van der Waals surface area contributed by atoms with Gasteiger partial charge in [0.25, 0.3) is 0 Å². The average molecular weight is 205 g/mol. The number of rotatable bonds is 2. The molecule has 0 aromatic carbocycles. The second kappa shape index (κ2) is 2.95. The number of hydrogen-bond donors (Lipinski definition) is 1. The number of hydrogen-bond acceptors (Lipinski definition) is 2. The molecule has 0 amide bonds. The topological polar surface area (TPSA) is 29.3 Å². The standard InChI is InChI=1S/C11H12FN3/c1-13-10-6-15-5-8(7-2-3-7)4-9(12)11(15)14-10/h4-7,13H,2-3H2,1H3. The third kappa shape index (κ3) is 1.37. The van der Waals surface area contributed by atoms with Crippen molar-refractivity contribution in [3.63, 3.8) is 0 Å². The summed E-state index contributed by atoms with van der Waals surface area (Å²) in [6.07, 6.45) is 6.14. The average Bonchev–Trinajstić information content (AvgIpc) is 2.98. The van der Waals surface area contributed by atoms with Gasteiger partial charge < -0.3 is 9.72 Å². The third-order valence-corrected chi connectivity index (χ3v) is 2.83. The van der Waals surface area contributed by atoms with Crippen molar-refractivity contribution in [2.45, 2.75) is 18.8 Å². The molecule has 4 heteroatoms. The van der Waals surface area contributed by atoms with Crippen molar-refractivity contribution in [2.24, 2.45) is 0 Å². The zero-order valence-electron chi connectivity index (χ0n) is 8.50. The highest BCUT2D eigenvalue weighted by molar-refractivity contribution is 5.51. The molecule has 1 fully saturated rings. The van der Waals surface area contributed by atoms with E-state index in [1.807, 2.05) is 12.4 Å². The zero-order chi connectivity index (χ0) is 10.4. The largest absolute Gasteiger partial charge is 0.372 e. The maximum absolute atomic E-state index is 13.7. The Bertz CT molecular complexity index is 514. The van der Waals surface area contributed by atoms with E-state index in [0.29, 0.717) is 17.4 Å². The first-order valence-electron chi connectivity index (χ1n) is 5.14. The first-order valence-corrected chi connectivity index (χ1v) is 5.14. The lowest BCUT2D eigenvalue weighted by molar-refractivity contribution is 0.627. The number of nitrogens with one attached hydrogen (secondary N) is 1. The molecular formula is C11H12FN3. The molecule has 1 N–H and O–H groups in total. The van der Waals surface area contributed by atoms with E-state index in [1.54, 1.807) is 17.5 Å². The smallest absolute Gasteiger partial charge is 0.175 e. The van der Waals surface area contributed by atoms with Crippen LogP contribution >= 0.6 is 0 Å². The number of fused-ring (bicyclic) bond motifs is 1. The summed E-state index contributed by atoms with van der Waals surface area (Å²) in [5.74, 6) is 1.02. The maximum Gasteiger partial charge on any atom is 0.175 e. The monoisotopic (exact) mass is 205 g/mol. The molecule has 2 heterocycles. The van der Waals surface area contributed by atoms with Gasteiger partial charge in [0.15, 0.2) is 11.5 Å². The lowest BCUT2D eigenvalue weighted by Gasteiger charge is -2.00. The van der Waals surface area contributed by atoms with E-state index < -0.39 is 0 Å². The second-order valence-corrected chi connectivity index (χ2v) is 4.00. The highest BCUT2D eigenvalue weighted by Gasteiger charge is 2.25. The summed E-state index contributed by atoms with van der Waals surface area (Å²) >= 11 is 0. The van der Waals surface area contributed by atoms with Gasteiger partial charge in [0, 0.05) is 13.2 Å². The van der Waals surface area contributed by atoms with E-state index in [0.717, 1.165) is 5.56 Å². The Hall–Kier alpha value is -1.58. The molecule has 3 rings (SSSR count). The summed E-state index contributed by atoms with van der Waals surface area (Å²) in [7, 11) is 1.78. The van der Waals surface area contributed by atoms with Crippen LogP contribution in [0.5, 0.6) is 0 Å². The fourth-order valence-corrected chi connectivity index (χ4v) is 1.84. The maximum atomic E-state index is 13.7. The number of pyridine rings is 1. The summed E-state index contributed by atoms with van der Waals surface area (Å²) in [5, 5.41) is 2.91. The molecule has 78 valence electrons. The van der Waals surface area contributed by atoms with Crippen LogP contribution in [0.15, 0.2) is 18.5 Å². The molecule has 1 aliphatic carbocycles. The van der Waals surface area contributed by atoms with Gasteiger partial charge in [-0.15, -0.1) is 0 Å².